The van der Waals surface area contributed by atoms with Crippen molar-refractivity contribution in [2.45, 2.75) is 20.0 Å². The predicted molar refractivity (Wildman–Crippen MR) is 60.0 cm³/mol. The zero-order valence-electron chi connectivity index (χ0n) is 10.1. The predicted octanol–water partition coefficient (Wildman–Crippen LogP) is -2.41. The Labute approximate surface area is 99.8 Å². The first-order chi connectivity index (χ1) is 7.85. The smallest absolute Gasteiger partial charge is 0.249 e. The highest BCUT2D eigenvalue weighted by Gasteiger charge is 2.32. The van der Waals surface area contributed by atoms with E-state index in [0.717, 1.165) is 0 Å². The van der Waals surface area contributed by atoms with Crippen LogP contribution in [0, 0.1) is 5.41 Å². The fraction of sp³-hybridized carbons (Fsp3) is 0.800. The Hall–Kier alpha value is -1.18. The highest BCUT2D eigenvalue weighted by Crippen LogP contribution is 2.19. The molecule has 0 aliphatic heterocycles. The van der Waals surface area contributed by atoms with Gasteiger partial charge in [-0.25, -0.2) is 0 Å². The third-order valence-electron chi connectivity index (χ3n) is 2.25. The minimum atomic E-state index is -1.39. The molecule has 0 unspecified atom stereocenters. The summed E-state index contributed by atoms with van der Waals surface area (Å²) in [5, 5.41) is 31.6. The molecule has 100 valence electrons. The highest BCUT2D eigenvalue weighted by molar-refractivity contribution is 5.87. The van der Waals surface area contributed by atoms with Gasteiger partial charge in [0, 0.05) is 12.0 Å². The van der Waals surface area contributed by atoms with Gasteiger partial charge in [-0.1, -0.05) is 13.8 Å². The van der Waals surface area contributed by atoms with E-state index in [4.69, 9.17) is 10.2 Å². The first-order valence-corrected chi connectivity index (χ1v) is 5.29. The highest BCUT2D eigenvalue weighted by atomic mass is 16.3. The first-order valence-electron chi connectivity index (χ1n) is 5.29. The van der Waals surface area contributed by atoms with Gasteiger partial charge in [-0.2, -0.15) is 0 Å². The van der Waals surface area contributed by atoms with E-state index in [-0.39, 0.29) is 26.3 Å². The number of aliphatic hydroxyl groups excluding tert-OH is 3. The zero-order valence-corrected chi connectivity index (χ0v) is 10.1. The Morgan fingerprint density at radius 1 is 1.24 bits per heavy atom. The molecule has 0 aliphatic rings. The van der Waals surface area contributed by atoms with E-state index in [1.807, 2.05) is 0 Å². The maximum absolute atomic E-state index is 11.4. The Bertz CT molecular complexity index is 267. The van der Waals surface area contributed by atoms with Crippen molar-refractivity contribution in [2.75, 3.05) is 26.3 Å². The summed E-state index contributed by atoms with van der Waals surface area (Å²) in [5.41, 5.74) is -0.967. The number of nitrogens with one attached hydrogen (secondary N) is 2. The van der Waals surface area contributed by atoms with Crippen LogP contribution in [0.2, 0.25) is 0 Å². The van der Waals surface area contributed by atoms with Gasteiger partial charge < -0.3 is 26.0 Å². The first kappa shape index (κ1) is 15.8. The fourth-order valence-corrected chi connectivity index (χ4v) is 0.963. The van der Waals surface area contributed by atoms with Crippen LogP contribution in [0.3, 0.4) is 0 Å². The number of amides is 2. The van der Waals surface area contributed by atoms with Crippen LogP contribution in [0.25, 0.3) is 0 Å². The monoisotopic (exact) mass is 248 g/mol. The Morgan fingerprint density at radius 2 is 1.82 bits per heavy atom. The van der Waals surface area contributed by atoms with Crippen molar-refractivity contribution in [3.63, 3.8) is 0 Å². The molecular formula is C10H20N2O5. The molecule has 2 amide bonds. The second-order valence-corrected chi connectivity index (χ2v) is 4.34. The van der Waals surface area contributed by atoms with Crippen LogP contribution in [-0.2, 0) is 9.59 Å². The SMILES string of the molecule is CC(C)(CO)[C@@H](O)C(=O)NCC(=O)NCCO. The van der Waals surface area contributed by atoms with Crippen LogP contribution in [-0.4, -0.2) is 59.5 Å². The van der Waals surface area contributed by atoms with E-state index in [0.29, 0.717) is 0 Å². The molecule has 0 radical (unpaired) electrons. The van der Waals surface area contributed by atoms with Crippen LogP contribution in [0.15, 0.2) is 0 Å². The molecule has 0 spiro atoms. The second-order valence-electron chi connectivity index (χ2n) is 4.34. The number of carbonyl (C=O) groups is 2. The van der Waals surface area contributed by atoms with Crippen molar-refractivity contribution in [2.24, 2.45) is 5.41 Å². The van der Waals surface area contributed by atoms with Gasteiger partial charge in [-0.15, -0.1) is 0 Å². The Kier molecular flexibility index (Phi) is 6.71. The summed E-state index contributed by atoms with van der Waals surface area (Å²) in [5.74, 6) is -1.18. The van der Waals surface area contributed by atoms with Crippen molar-refractivity contribution in [3.05, 3.63) is 0 Å². The van der Waals surface area contributed by atoms with E-state index in [9.17, 15) is 14.7 Å². The van der Waals surface area contributed by atoms with Gasteiger partial charge in [-0.3, -0.25) is 9.59 Å². The zero-order chi connectivity index (χ0) is 13.5. The minimum absolute atomic E-state index is 0.111. The van der Waals surface area contributed by atoms with Crippen LogP contribution in [0.5, 0.6) is 0 Å². The van der Waals surface area contributed by atoms with Gasteiger partial charge in [0.15, 0.2) is 0 Å². The van der Waals surface area contributed by atoms with E-state index in [2.05, 4.69) is 10.6 Å². The number of carbonyl (C=O) groups excluding carboxylic acids is 2. The van der Waals surface area contributed by atoms with Crippen molar-refractivity contribution >= 4 is 11.8 Å². The van der Waals surface area contributed by atoms with Crippen molar-refractivity contribution in [1.29, 1.82) is 0 Å². The van der Waals surface area contributed by atoms with Crippen molar-refractivity contribution in [3.8, 4) is 0 Å². The molecule has 0 saturated heterocycles. The van der Waals surface area contributed by atoms with E-state index in [1.165, 1.54) is 13.8 Å². The molecule has 0 bridgehead atoms. The summed E-state index contributed by atoms with van der Waals surface area (Å²) in [4.78, 5) is 22.5. The maximum atomic E-state index is 11.4. The van der Waals surface area contributed by atoms with Gasteiger partial charge in [0.25, 0.3) is 0 Å². The minimum Gasteiger partial charge on any atom is -0.396 e. The van der Waals surface area contributed by atoms with Crippen molar-refractivity contribution in [1.82, 2.24) is 10.6 Å². The average molecular weight is 248 g/mol. The molecule has 1 atom stereocenters. The largest absolute Gasteiger partial charge is 0.396 e. The Balaban J connectivity index is 4.06. The molecule has 0 rings (SSSR count). The summed E-state index contributed by atoms with van der Waals surface area (Å²) < 4.78 is 0. The lowest BCUT2D eigenvalue weighted by molar-refractivity contribution is -0.138. The third-order valence-corrected chi connectivity index (χ3v) is 2.25. The molecule has 0 aromatic carbocycles. The van der Waals surface area contributed by atoms with E-state index >= 15 is 0 Å². The van der Waals surface area contributed by atoms with Gasteiger partial charge in [0.2, 0.25) is 11.8 Å². The molecule has 7 heteroatoms. The van der Waals surface area contributed by atoms with Gasteiger partial charge in [0.05, 0.1) is 19.8 Å². The van der Waals surface area contributed by atoms with E-state index < -0.39 is 23.3 Å². The molecule has 0 aliphatic carbocycles. The Morgan fingerprint density at radius 3 is 2.29 bits per heavy atom. The molecule has 0 saturated carbocycles. The summed E-state index contributed by atoms with van der Waals surface area (Å²) in [6.07, 6.45) is -1.39. The molecule has 7 nitrogen and oxygen atoms in total. The number of aliphatic hydroxyl groups is 3. The summed E-state index contributed by atoms with van der Waals surface area (Å²) in [7, 11) is 0. The van der Waals surface area contributed by atoms with Crippen LogP contribution in [0.4, 0.5) is 0 Å². The molecule has 17 heavy (non-hydrogen) atoms. The number of hydrogen-bond donors (Lipinski definition) is 5. The molecular weight excluding hydrogens is 228 g/mol. The molecule has 0 heterocycles. The topological polar surface area (TPSA) is 119 Å². The quantitative estimate of drug-likeness (QED) is 0.344. The molecule has 0 aromatic heterocycles. The second kappa shape index (κ2) is 7.21. The lowest BCUT2D eigenvalue weighted by Gasteiger charge is -2.26. The summed E-state index contributed by atoms with van der Waals surface area (Å²) in [6.45, 7) is 2.36. The molecule has 0 aromatic rings. The maximum Gasteiger partial charge on any atom is 0.249 e. The van der Waals surface area contributed by atoms with Crippen LogP contribution >= 0.6 is 0 Å². The van der Waals surface area contributed by atoms with E-state index in [1.54, 1.807) is 0 Å². The van der Waals surface area contributed by atoms with Gasteiger partial charge in [-0.05, 0) is 0 Å². The average Bonchev–Trinajstić information content (AvgIpc) is 2.32. The fourth-order valence-electron chi connectivity index (χ4n) is 0.963. The lowest BCUT2D eigenvalue weighted by atomic mass is 9.87. The van der Waals surface area contributed by atoms with Gasteiger partial charge in [0.1, 0.15) is 6.10 Å². The van der Waals surface area contributed by atoms with Crippen LogP contribution in [0.1, 0.15) is 13.8 Å². The number of rotatable bonds is 7. The normalized spacial score (nSPS) is 13.0. The number of hydrogen-bond acceptors (Lipinski definition) is 5. The molecule has 5 N–H and O–H groups in total. The van der Waals surface area contributed by atoms with Crippen LogP contribution < -0.4 is 10.6 Å². The summed E-state index contributed by atoms with van der Waals surface area (Å²) >= 11 is 0. The van der Waals surface area contributed by atoms with Gasteiger partial charge >= 0.3 is 0 Å². The summed E-state index contributed by atoms with van der Waals surface area (Å²) in [6, 6.07) is 0. The third kappa shape index (κ3) is 5.62. The standard InChI is InChI=1S/C10H20N2O5/c1-10(2,6-14)8(16)9(17)12-5-7(15)11-3-4-13/h8,13-14,16H,3-6H2,1-2H3,(H,11,15)(H,12,17)/t8-/m0/s1. The van der Waals surface area contributed by atoms with Crippen molar-refractivity contribution < 1.29 is 24.9 Å². The lowest BCUT2D eigenvalue weighted by Crippen LogP contribution is -2.48. The molecule has 0 fully saturated rings.